The number of aryl methyl sites for hydroxylation is 1. The zero-order chi connectivity index (χ0) is 11.0. The molecule has 0 saturated heterocycles. The van der Waals surface area contributed by atoms with E-state index in [1.54, 1.807) is 6.92 Å². The molecule has 0 fully saturated rings. The third-order valence-corrected chi connectivity index (χ3v) is 2.58. The molecule has 0 radical (unpaired) electrons. The number of nitrogens with zero attached hydrogens (tertiary/aromatic N) is 1. The van der Waals surface area contributed by atoms with Crippen molar-refractivity contribution in [1.29, 1.82) is 0 Å². The van der Waals surface area contributed by atoms with Gasteiger partial charge in [0, 0.05) is 22.3 Å². The van der Waals surface area contributed by atoms with Crippen molar-refractivity contribution < 1.29 is 5.11 Å². The lowest BCUT2D eigenvalue weighted by molar-refractivity contribution is 0.199. The minimum atomic E-state index is -0.581. The third-order valence-electron chi connectivity index (χ3n) is 2.58. The van der Waals surface area contributed by atoms with Crippen LogP contribution in [-0.2, 0) is 0 Å². The van der Waals surface area contributed by atoms with Crippen LogP contribution in [0.25, 0.3) is 10.9 Å². The van der Waals surface area contributed by atoms with Gasteiger partial charge in [0.05, 0.1) is 11.6 Å². The summed E-state index contributed by atoms with van der Waals surface area (Å²) in [4.78, 5) is 4.42. The summed E-state index contributed by atoms with van der Waals surface area (Å²) in [6.07, 6.45) is -0.581. The smallest absolute Gasteiger partial charge is 0.0799 e. The van der Waals surface area contributed by atoms with Gasteiger partial charge in [0.2, 0.25) is 0 Å². The average Bonchev–Trinajstić information content (AvgIpc) is 2.17. The number of nitrogen functional groups attached to an aromatic ring is 1. The van der Waals surface area contributed by atoms with Crippen LogP contribution >= 0.6 is 0 Å². The summed E-state index contributed by atoms with van der Waals surface area (Å²) in [6.45, 7) is 3.57. The Balaban J connectivity index is 2.84. The van der Waals surface area contributed by atoms with Gasteiger partial charge >= 0.3 is 0 Å². The maximum absolute atomic E-state index is 9.62. The molecule has 1 aromatic heterocycles. The molecule has 2 aromatic rings. The van der Waals surface area contributed by atoms with E-state index >= 15 is 0 Å². The Morgan fingerprint density at radius 1 is 1.33 bits per heavy atom. The highest BCUT2D eigenvalue weighted by atomic mass is 16.3. The molecule has 0 saturated carbocycles. The Kier molecular flexibility index (Phi) is 2.32. The van der Waals surface area contributed by atoms with Gasteiger partial charge in [-0.15, -0.1) is 0 Å². The first-order valence-electron chi connectivity index (χ1n) is 4.94. The Hall–Kier alpha value is -1.61. The normalized spacial score (nSPS) is 13.0. The van der Waals surface area contributed by atoms with Gasteiger partial charge in [-0.25, -0.2) is 0 Å². The van der Waals surface area contributed by atoms with E-state index in [1.807, 2.05) is 31.2 Å². The Morgan fingerprint density at radius 2 is 2.00 bits per heavy atom. The van der Waals surface area contributed by atoms with E-state index < -0.39 is 6.10 Å². The highest BCUT2D eigenvalue weighted by Gasteiger charge is 2.13. The van der Waals surface area contributed by atoms with E-state index in [0.29, 0.717) is 5.69 Å². The van der Waals surface area contributed by atoms with Crippen LogP contribution in [0.5, 0.6) is 0 Å². The highest BCUT2D eigenvalue weighted by Crippen LogP contribution is 2.29. The number of aliphatic hydroxyl groups is 1. The summed E-state index contributed by atoms with van der Waals surface area (Å²) in [5, 5.41) is 10.5. The van der Waals surface area contributed by atoms with Crippen LogP contribution < -0.4 is 5.73 Å². The lowest BCUT2D eigenvalue weighted by atomic mass is 10.0. The number of pyridine rings is 1. The maximum Gasteiger partial charge on any atom is 0.0799 e. The summed E-state index contributed by atoms with van der Waals surface area (Å²) in [5.74, 6) is 0. The van der Waals surface area contributed by atoms with E-state index in [0.717, 1.165) is 22.2 Å². The quantitative estimate of drug-likeness (QED) is 0.745. The van der Waals surface area contributed by atoms with E-state index in [-0.39, 0.29) is 0 Å². The lowest BCUT2D eigenvalue weighted by Crippen LogP contribution is -2.04. The van der Waals surface area contributed by atoms with Gasteiger partial charge in [0.15, 0.2) is 0 Å². The van der Waals surface area contributed by atoms with Gasteiger partial charge in [0.25, 0.3) is 0 Å². The number of benzene rings is 1. The zero-order valence-corrected chi connectivity index (χ0v) is 8.86. The van der Waals surface area contributed by atoms with E-state index in [9.17, 15) is 5.11 Å². The van der Waals surface area contributed by atoms with Crippen molar-refractivity contribution >= 4 is 16.6 Å². The maximum atomic E-state index is 9.62. The summed E-state index contributed by atoms with van der Waals surface area (Å²) >= 11 is 0. The van der Waals surface area contributed by atoms with Gasteiger partial charge in [0.1, 0.15) is 0 Å². The zero-order valence-electron chi connectivity index (χ0n) is 8.86. The van der Waals surface area contributed by atoms with Crippen molar-refractivity contribution in [3.8, 4) is 0 Å². The van der Waals surface area contributed by atoms with Crippen LogP contribution in [-0.4, -0.2) is 10.1 Å². The van der Waals surface area contributed by atoms with Crippen LogP contribution in [0.1, 0.15) is 24.3 Å². The number of aliphatic hydroxyl groups excluding tert-OH is 1. The molecule has 3 N–H and O–H groups in total. The van der Waals surface area contributed by atoms with Crippen molar-refractivity contribution in [2.45, 2.75) is 20.0 Å². The summed E-state index contributed by atoms with van der Waals surface area (Å²) in [5.41, 5.74) is 9.05. The number of aromatic nitrogens is 1. The molecule has 0 aliphatic heterocycles. The van der Waals surface area contributed by atoms with Gasteiger partial charge in [-0.05, 0) is 19.9 Å². The summed E-state index contributed by atoms with van der Waals surface area (Å²) in [7, 11) is 0. The fraction of sp³-hybridized carbons (Fsp3) is 0.250. The second kappa shape index (κ2) is 3.51. The van der Waals surface area contributed by atoms with Crippen LogP contribution in [0.3, 0.4) is 0 Å². The van der Waals surface area contributed by atoms with Crippen molar-refractivity contribution in [1.82, 2.24) is 4.98 Å². The standard InChI is InChI=1S/C12H14N2O/c1-7-11(8(2)15)12(13)9-5-3-4-6-10(9)14-7/h3-6,8,15H,1-2H3,(H2,13,14)/t8-/m0/s1. The second-order valence-electron chi connectivity index (χ2n) is 3.72. The summed E-state index contributed by atoms with van der Waals surface area (Å²) in [6, 6.07) is 7.69. The molecule has 78 valence electrons. The van der Waals surface area contributed by atoms with Crippen molar-refractivity contribution in [2.75, 3.05) is 5.73 Å². The first-order chi connectivity index (χ1) is 7.11. The molecular weight excluding hydrogens is 188 g/mol. The molecule has 0 unspecified atom stereocenters. The largest absolute Gasteiger partial charge is 0.398 e. The van der Waals surface area contributed by atoms with Crippen molar-refractivity contribution in [3.63, 3.8) is 0 Å². The number of hydrogen-bond donors (Lipinski definition) is 2. The molecule has 0 spiro atoms. The van der Waals surface area contributed by atoms with Gasteiger partial charge < -0.3 is 10.8 Å². The number of fused-ring (bicyclic) bond motifs is 1. The monoisotopic (exact) mass is 202 g/mol. The number of nitrogens with two attached hydrogens (primary N) is 1. The molecular formula is C12H14N2O. The number of para-hydroxylation sites is 1. The molecule has 3 nitrogen and oxygen atoms in total. The predicted octanol–water partition coefficient (Wildman–Crippen LogP) is 2.18. The van der Waals surface area contributed by atoms with Crippen LogP contribution in [0, 0.1) is 6.92 Å². The third kappa shape index (κ3) is 1.55. The Bertz CT molecular complexity index is 506. The predicted molar refractivity (Wildman–Crippen MR) is 61.5 cm³/mol. The molecule has 0 aliphatic rings. The molecule has 15 heavy (non-hydrogen) atoms. The number of anilines is 1. The van der Waals surface area contributed by atoms with Gasteiger partial charge in [-0.1, -0.05) is 18.2 Å². The van der Waals surface area contributed by atoms with Crippen molar-refractivity contribution in [3.05, 3.63) is 35.5 Å². The fourth-order valence-corrected chi connectivity index (χ4v) is 1.91. The average molecular weight is 202 g/mol. The Labute approximate surface area is 88.6 Å². The molecule has 1 heterocycles. The molecule has 1 aromatic carbocycles. The minimum Gasteiger partial charge on any atom is -0.398 e. The molecule has 3 heteroatoms. The van der Waals surface area contributed by atoms with Gasteiger partial charge in [-0.3, -0.25) is 4.98 Å². The number of rotatable bonds is 1. The SMILES string of the molecule is Cc1nc2ccccc2c(N)c1[C@H](C)O. The van der Waals surface area contributed by atoms with Crippen molar-refractivity contribution in [2.24, 2.45) is 0 Å². The topological polar surface area (TPSA) is 59.1 Å². The molecule has 0 amide bonds. The Morgan fingerprint density at radius 3 is 2.67 bits per heavy atom. The molecule has 2 rings (SSSR count). The first-order valence-corrected chi connectivity index (χ1v) is 4.94. The lowest BCUT2D eigenvalue weighted by Gasteiger charge is -2.13. The van der Waals surface area contributed by atoms with E-state index in [4.69, 9.17) is 5.73 Å². The van der Waals surface area contributed by atoms with E-state index in [1.165, 1.54) is 0 Å². The van der Waals surface area contributed by atoms with Crippen LogP contribution in [0.4, 0.5) is 5.69 Å². The second-order valence-corrected chi connectivity index (χ2v) is 3.72. The fourth-order valence-electron chi connectivity index (χ4n) is 1.91. The van der Waals surface area contributed by atoms with Gasteiger partial charge in [-0.2, -0.15) is 0 Å². The molecule has 0 aliphatic carbocycles. The summed E-state index contributed by atoms with van der Waals surface area (Å²) < 4.78 is 0. The minimum absolute atomic E-state index is 0.581. The van der Waals surface area contributed by atoms with Crippen LogP contribution in [0.15, 0.2) is 24.3 Å². The van der Waals surface area contributed by atoms with E-state index in [2.05, 4.69) is 4.98 Å². The molecule has 1 atom stereocenters. The first kappa shape index (κ1) is 9.93. The molecule has 0 bridgehead atoms. The number of hydrogen-bond acceptors (Lipinski definition) is 3. The van der Waals surface area contributed by atoms with Crippen LogP contribution in [0.2, 0.25) is 0 Å². The highest BCUT2D eigenvalue weighted by molar-refractivity contribution is 5.92.